The number of anilines is 2. The van der Waals surface area contributed by atoms with Crippen LogP contribution in [-0.4, -0.2) is 69.5 Å². The third kappa shape index (κ3) is 4.60. The zero-order valence-electron chi connectivity index (χ0n) is 23.1. The summed E-state index contributed by atoms with van der Waals surface area (Å²) in [6, 6.07) is 15.2. The second-order valence-electron chi connectivity index (χ2n) is 11.6. The van der Waals surface area contributed by atoms with Crippen LogP contribution in [0.25, 0.3) is 0 Å². The summed E-state index contributed by atoms with van der Waals surface area (Å²) >= 11 is 7.69. The van der Waals surface area contributed by atoms with Gasteiger partial charge < -0.3 is 19.8 Å². The Hall–Kier alpha value is -3.07. The van der Waals surface area contributed by atoms with Crippen LogP contribution in [0.1, 0.15) is 20.3 Å². The number of aliphatic hydroxyl groups is 1. The van der Waals surface area contributed by atoms with Crippen LogP contribution in [0.4, 0.5) is 11.4 Å². The van der Waals surface area contributed by atoms with Crippen LogP contribution >= 0.6 is 23.4 Å². The minimum Gasteiger partial charge on any atom is -0.394 e. The van der Waals surface area contributed by atoms with Gasteiger partial charge in [-0.25, -0.2) is 0 Å². The van der Waals surface area contributed by atoms with Gasteiger partial charge in [0.1, 0.15) is 6.04 Å². The van der Waals surface area contributed by atoms with Gasteiger partial charge in [0.25, 0.3) is 5.91 Å². The Labute approximate surface area is 249 Å². The molecule has 3 amide bonds. The predicted octanol–water partition coefficient (Wildman–Crippen LogP) is 4.55. The van der Waals surface area contributed by atoms with Gasteiger partial charge in [-0.3, -0.25) is 14.4 Å². The number of aliphatic hydroxyl groups excluding tert-OH is 1. The van der Waals surface area contributed by atoms with Gasteiger partial charge in [-0.15, -0.1) is 11.8 Å². The first-order chi connectivity index (χ1) is 19.8. The highest BCUT2D eigenvalue weighted by molar-refractivity contribution is 8.02. The zero-order valence-corrected chi connectivity index (χ0v) is 24.7. The van der Waals surface area contributed by atoms with Crippen molar-refractivity contribution in [1.82, 2.24) is 4.90 Å². The molecule has 9 heteroatoms. The molecule has 0 saturated carbocycles. The van der Waals surface area contributed by atoms with Crippen molar-refractivity contribution < 1.29 is 19.5 Å². The first kappa shape index (κ1) is 28.1. The van der Waals surface area contributed by atoms with E-state index in [1.165, 1.54) is 0 Å². The minimum absolute atomic E-state index is 0.112. The molecule has 214 valence electrons. The Kier molecular flexibility index (Phi) is 7.51. The normalized spacial score (nSPS) is 29.9. The van der Waals surface area contributed by atoms with Crippen molar-refractivity contribution in [2.75, 3.05) is 29.5 Å². The molecule has 6 rings (SSSR count). The van der Waals surface area contributed by atoms with Crippen LogP contribution in [0.3, 0.4) is 0 Å². The number of thioether (sulfide) groups is 1. The molecule has 0 radical (unpaired) electrons. The highest BCUT2D eigenvalue weighted by atomic mass is 35.5. The van der Waals surface area contributed by atoms with E-state index < -0.39 is 28.7 Å². The number of rotatable bonds is 6. The molecule has 2 saturated heterocycles. The van der Waals surface area contributed by atoms with Crippen LogP contribution in [0, 0.1) is 17.8 Å². The topological polar surface area (TPSA) is 81.2 Å². The molecular formula is C32H34ClN3O4S. The van der Waals surface area contributed by atoms with E-state index in [1.807, 2.05) is 68.5 Å². The van der Waals surface area contributed by atoms with Crippen molar-refractivity contribution in [1.29, 1.82) is 0 Å². The predicted molar refractivity (Wildman–Crippen MR) is 163 cm³/mol. The molecule has 0 bridgehead atoms. The van der Waals surface area contributed by atoms with Gasteiger partial charge in [0, 0.05) is 34.7 Å². The van der Waals surface area contributed by atoms with Gasteiger partial charge >= 0.3 is 0 Å². The highest BCUT2D eigenvalue weighted by Gasteiger charge is 2.71. The Morgan fingerprint density at radius 2 is 1.59 bits per heavy atom. The monoisotopic (exact) mass is 591 g/mol. The number of hydrogen-bond acceptors (Lipinski definition) is 5. The SMILES string of the molecule is CC(C)C[C@H](CO)N1C(=O)[C@@H]2[C@@H]3C(=O)N(c4ccccc4)CC=C[C@@H]3S[C@@]23C=CCN(c2ccc(Cl)cc2)C(=O)C13. The average Bonchev–Trinajstić information content (AvgIpc) is 3.28. The second kappa shape index (κ2) is 11.0. The molecule has 4 aliphatic rings. The smallest absolute Gasteiger partial charge is 0.251 e. The Bertz CT molecular complexity index is 1400. The fourth-order valence-corrected chi connectivity index (χ4v) is 9.10. The van der Waals surface area contributed by atoms with Gasteiger partial charge in [-0.1, -0.05) is 68.0 Å². The molecule has 2 fully saturated rings. The average molecular weight is 592 g/mol. The number of carbonyl (C=O) groups is 3. The minimum atomic E-state index is -0.950. The van der Waals surface area contributed by atoms with Crippen LogP contribution in [0.2, 0.25) is 5.02 Å². The zero-order chi connectivity index (χ0) is 28.9. The maximum atomic E-state index is 14.6. The quantitative estimate of drug-likeness (QED) is 0.499. The maximum absolute atomic E-state index is 14.6. The molecule has 2 aromatic carbocycles. The number of benzene rings is 2. The standard InChI is InChI=1S/C32H34ClN3O4S/c1-20(2)18-24(19-37)36-28-31(40)35(23-13-11-21(33)12-14-23)17-7-15-32(28)27(30(36)39)26-25(41-32)10-6-16-34(29(26)38)22-8-4-3-5-9-22/h3-15,20,24-28,37H,16-19H2,1-2H3/t24-,25+,26-,27+,28?,32+/m1/s1. The molecule has 6 atom stereocenters. The van der Waals surface area contributed by atoms with Gasteiger partial charge in [-0.05, 0) is 48.7 Å². The van der Waals surface area contributed by atoms with E-state index >= 15 is 0 Å². The van der Waals surface area contributed by atoms with E-state index in [-0.39, 0.29) is 35.5 Å². The summed E-state index contributed by atoms with van der Waals surface area (Å²) in [7, 11) is 0. The number of hydrogen-bond donors (Lipinski definition) is 1. The van der Waals surface area contributed by atoms with Crippen molar-refractivity contribution in [3.8, 4) is 0 Å². The van der Waals surface area contributed by atoms with Gasteiger partial charge in [-0.2, -0.15) is 0 Å². The molecule has 4 aliphatic heterocycles. The molecular weight excluding hydrogens is 558 g/mol. The molecule has 1 spiro atoms. The van der Waals surface area contributed by atoms with E-state index in [1.54, 1.807) is 50.7 Å². The van der Waals surface area contributed by atoms with Gasteiger partial charge in [0.2, 0.25) is 11.8 Å². The highest BCUT2D eigenvalue weighted by Crippen LogP contribution is 2.61. The fraction of sp³-hybridized carbons (Fsp3) is 0.406. The van der Waals surface area contributed by atoms with Crippen LogP contribution < -0.4 is 9.80 Å². The lowest BCUT2D eigenvalue weighted by molar-refractivity contribution is -0.142. The molecule has 0 aromatic heterocycles. The van der Waals surface area contributed by atoms with Crippen molar-refractivity contribution in [3.63, 3.8) is 0 Å². The number of halogens is 1. The van der Waals surface area contributed by atoms with Crippen molar-refractivity contribution >= 4 is 52.5 Å². The van der Waals surface area contributed by atoms with Crippen molar-refractivity contribution in [3.05, 3.63) is 83.9 Å². The lowest BCUT2D eigenvalue weighted by atomic mass is 9.78. The summed E-state index contributed by atoms with van der Waals surface area (Å²) in [4.78, 5) is 48.6. The van der Waals surface area contributed by atoms with Gasteiger partial charge in [0.15, 0.2) is 0 Å². The number of fused-ring (bicyclic) bond motifs is 2. The summed E-state index contributed by atoms with van der Waals surface area (Å²) in [5.74, 6) is -1.75. The van der Waals surface area contributed by atoms with E-state index in [0.717, 1.165) is 5.69 Å². The van der Waals surface area contributed by atoms with Crippen LogP contribution in [0.5, 0.6) is 0 Å². The number of nitrogens with zero attached hydrogens (tertiary/aromatic N) is 3. The van der Waals surface area contributed by atoms with Crippen molar-refractivity contribution in [2.24, 2.45) is 17.8 Å². The van der Waals surface area contributed by atoms with E-state index in [0.29, 0.717) is 30.2 Å². The van der Waals surface area contributed by atoms with E-state index in [9.17, 15) is 19.5 Å². The number of likely N-dealkylation sites (tertiary alicyclic amines) is 1. The molecule has 1 unspecified atom stereocenters. The fourth-order valence-electron chi connectivity index (χ4n) is 6.98. The molecule has 7 nitrogen and oxygen atoms in total. The molecule has 2 aromatic rings. The Morgan fingerprint density at radius 1 is 0.927 bits per heavy atom. The lowest BCUT2D eigenvalue weighted by Crippen LogP contribution is -2.57. The number of amides is 3. The Balaban J connectivity index is 1.47. The summed E-state index contributed by atoms with van der Waals surface area (Å²) in [5, 5.41) is 10.9. The maximum Gasteiger partial charge on any atom is 0.251 e. The number of carbonyl (C=O) groups excluding carboxylic acids is 3. The second-order valence-corrected chi connectivity index (χ2v) is 13.5. The van der Waals surface area contributed by atoms with Crippen molar-refractivity contribution in [2.45, 2.75) is 42.3 Å². The summed E-state index contributed by atoms with van der Waals surface area (Å²) in [6.07, 6.45) is 8.53. The first-order valence-electron chi connectivity index (χ1n) is 14.2. The molecule has 4 heterocycles. The van der Waals surface area contributed by atoms with E-state index in [4.69, 9.17) is 11.6 Å². The van der Waals surface area contributed by atoms with E-state index in [2.05, 4.69) is 0 Å². The molecule has 0 aliphatic carbocycles. The summed E-state index contributed by atoms with van der Waals surface area (Å²) in [6.45, 7) is 4.57. The first-order valence-corrected chi connectivity index (χ1v) is 15.4. The third-order valence-corrected chi connectivity index (χ3v) is 10.6. The summed E-state index contributed by atoms with van der Waals surface area (Å²) < 4.78 is -0.950. The van der Waals surface area contributed by atoms with Crippen LogP contribution in [0.15, 0.2) is 78.9 Å². The molecule has 41 heavy (non-hydrogen) atoms. The lowest BCUT2D eigenvalue weighted by Gasteiger charge is -2.39. The van der Waals surface area contributed by atoms with Crippen LogP contribution in [-0.2, 0) is 14.4 Å². The third-order valence-electron chi connectivity index (χ3n) is 8.65. The Morgan fingerprint density at radius 3 is 2.27 bits per heavy atom. The number of para-hydroxylation sites is 1. The summed E-state index contributed by atoms with van der Waals surface area (Å²) in [5.41, 5.74) is 1.46. The van der Waals surface area contributed by atoms with Gasteiger partial charge in [0.05, 0.1) is 29.2 Å². The molecule has 1 N–H and O–H groups in total. The largest absolute Gasteiger partial charge is 0.394 e.